The summed E-state index contributed by atoms with van der Waals surface area (Å²) in [6, 6.07) is 3.85. The Morgan fingerprint density at radius 1 is 1.53 bits per heavy atom. The number of amides is 1. The largest absolute Gasteiger partial charge is 0.494 e. The zero-order valence-electron chi connectivity index (χ0n) is 9.50. The molecule has 0 saturated carbocycles. The minimum absolute atomic E-state index is 0.0332. The number of carbonyl (C=O) groups excluding carboxylic acids is 1. The lowest BCUT2D eigenvalue weighted by atomic mass is 10.0. The van der Waals surface area contributed by atoms with Crippen LogP contribution >= 0.6 is 11.6 Å². The van der Waals surface area contributed by atoms with Crippen molar-refractivity contribution in [3.8, 4) is 5.75 Å². The lowest BCUT2D eigenvalue weighted by Gasteiger charge is -2.30. The van der Waals surface area contributed by atoms with Crippen LogP contribution in [0.3, 0.4) is 0 Å². The maximum atomic E-state index is 12.3. The van der Waals surface area contributed by atoms with Gasteiger partial charge in [0.05, 0.1) is 23.7 Å². The second kappa shape index (κ2) is 3.89. The summed E-state index contributed by atoms with van der Waals surface area (Å²) in [5, 5.41) is 3.79. The fraction of sp³-hybridized carbons (Fsp3) is 0.417. The Hall–Kier alpha value is -1.26. The van der Waals surface area contributed by atoms with Crippen LogP contribution in [0.15, 0.2) is 12.1 Å². The van der Waals surface area contributed by atoms with E-state index in [9.17, 15) is 4.79 Å². The number of ether oxygens (including phenoxy) is 1. The number of nitrogens with zero attached hydrogens (tertiary/aromatic N) is 1. The Morgan fingerprint density at radius 2 is 2.35 bits per heavy atom. The number of hydrogen-bond donors (Lipinski definition) is 1. The number of methoxy groups -OCH3 is 1. The van der Waals surface area contributed by atoms with Crippen LogP contribution in [0.25, 0.3) is 0 Å². The summed E-state index contributed by atoms with van der Waals surface area (Å²) >= 11 is 6.06. The summed E-state index contributed by atoms with van der Waals surface area (Å²) < 4.78 is 5.26. The maximum absolute atomic E-state index is 12.3. The highest BCUT2D eigenvalue weighted by Gasteiger charge is 2.40. The Labute approximate surface area is 104 Å². The van der Waals surface area contributed by atoms with Gasteiger partial charge in [-0.05, 0) is 11.6 Å². The van der Waals surface area contributed by atoms with Gasteiger partial charge in [0, 0.05) is 19.6 Å². The van der Waals surface area contributed by atoms with Crippen molar-refractivity contribution in [3.63, 3.8) is 0 Å². The van der Waals surface area contributed by atoms with Gasteiger partial charge in [0.2, 0.25) is 0 Å². The lowest BCUT2D eigenvalue weighted by molar-refractivity contribution is 0.0689. The normalized spacial score (nSPS) is 22.4. The Kier molecular flexibility index (Phi) is 2.49. The summed E-state index contributed by atoms with van der Waals surface area (Å²) in [5.41, 5.74) is 1.65. The van der Waals surface area contributed by atoms with E-state index in [0.717, 1.165) is 25.2 Å². The molecule has 0 aliphatic carbocycles. The van der Waals surface area contributed by atoms with Gasteiger partial charge in [0.1, 0.15) is 0 Å². The molecule has 0 aromatic heterocycles. The van der Waals surface area contributed by atoms with Crippen LogP contribution in [-0.2, 0) is 0 Å². The first-order valence-corrected chi connectivity index (χ1v) is 6.00. The number of nitrogens with one attached hydrogen (secondary N) is 1. The standard InChI is InChI=1S/C12H13ClN2O2/c1-17-11-8(13)3-2-7-9-6-14-4-5-15(9)12(16)10(7)11/h2-3,9,14H,4-6H2,1H3/t9-/m0/s1. The summed E-state index contributed by atoms with van der Waals surface area (Å²) in [5.74, 6) is 0.536. The average Bonchev–Trinajstić information content (AvgIpc) is 2.64. The van der Waals surface area contributed by atoms with Gasteiger partial charge in [0.15, 0.2) is 5.75 Å². The highest BCUT2D eigenvalue weighted by atomic mass is 35.5. The molecule has 0 spiro atoms. The van der Waals surface area contributed by atoms with E-state index in [-0.39, 0.29) is 11.9 Å². The fourth-order valence-corrected chi connectivity index (χ4v) is 2.87. The molecule has 0 unspecified atom stereocenters. The molecule has 0 bridgehead atoms. The quantitative estimate of drug-likeness (QED) is 0.823. The van der Waals surface area contributed by atoms with Gasteiger partial charge in [0.25, 0.3) is 5.91 Å². The van der Waals surface area contributed by atoms with Gasteiger partial charge in [-0.25, -0.2) is 0 Å². The molecule has 4 nitrogen and oxygen atoms in total. The smallest absolute Gasteiger partial charge is 0.258 e. The summed E-state index contributed by atoms with van der Waals surface area (Å²) in [6.07, 6.45) is 0. The molecule has 0 radical (unpaired) electrons. The number of benzene rings is 1. The molecular formula is C12H13ClN2O2. The van der Waals surface area contributed by atoms with E-state index < -0.39 is 0 Å². The van der Waals surface area contributed by atoms with Crippen LogP contribution in [-0.4, -0.2) is 37.6 Å². The third-order valence-electron chi connectivity index (χ3n) is 3.42. The van der Waals surface area contributed by atoms with E-state index >= 15 is 0 Å². The molecule has 2 heterocycles. The van der Waals surface area contributed by atoms with Crippen LogP contribution in [0.4, 0.5) is 0 Å². The molecule has 1 fully saturated rings. The van der Waals surface area contributed by atoms with Crippen molar-refractivity contribution in [1.82, 2.24) is 10.2 Å². The number of hydrogen-bond acceptors (Lipinski definition) is 3. The molecule has 3 rings (SSSR count). The first kappa shape index (κ1) is 10.9. The minimum Gasteiger partial charge on any atom is -0.494 e. The van der Waals surface area contributed by atoms with Crippen molar-refractivity contribution in [3.05, 3.63) is 28.3 Å². The van der Waals surface area contributed by atoms with Gasteiger partial charge < -0.3 is 15.0 Å². The van der Waals surface area contributed by atoms with Crippen LogP contribution in [0.5, 0.6) is 5.75 Å². The van der Waals surface area contributed by atoms with Crippen LogP contribution < -0.4 is 10.1 Å². The molecule has 17 heavy (non-hydrogen) atoms. The second-order valence-electron chi connectivity index (χ2n) is 4.26. The van der Waals surface area contributed by atoms with E-state index in [2.05, 4.69) is 5.32 Å². The molecule has 5 heteroatoms. The van der Waals surface area contributed by atoms with Crippen LogP contribution in [0.1, 0.15) is 22.0 Å². The molecule has 1 aromatic carbocycles. The number of carbonyl (C=O) groups is 1. The molecule has 2 aliphatic rings. The summed E-state index contributed by atoms with van der Waals surface area (Å²) in [4.78, 5) is 14.2. The predicted molar refractivity (Wildman–Crippen MR) is 64.7 cm³/mol. The molecule has 1 saturated heterocycles. The minimum atomic E-state index is 0.0332. The highest BCUT2D eigenvalue weighted by Crippen LogP contribution is 2.42. The first-order chi connectivity index (χ1) is 8.24. The van der Waals surface area contributed by atoms with Gasteiger partial charge in [-0.3, -0.25) is 4.79 Å². The molecular weight excluding hydrogens is 240 g/mol. The zero-order chi connectivity index (χ0) is 12.0. The van der Waals surface area contributed by atoms with Gasteiger partial charge in [-0.15, -0.1) is 0 Å². The van der Waals surface area contributed by atoms with Crippen molar-refractivity contribution < 1.29 is 9.53 Å². The Balaban J connectivity index is 2.17. The third-order valence-corrected chi connectivity index (χ3v) is 3.72. The third kappa shape index (κ3) is 1.44. The average molecular weight is 253 g/mol. The lowest BCUT2D eigenvalue weighted by Crippen LogP contribution is -2.44. The molecule has 1 aromatic rings. The van der Waals surface area contributed by atoms with Crippen molar-refractivity contribution in [1.29, 1.82) is 0 Å². The number of halogens is 1. The first-order valence-electron chi connectivity index (χ1n) is 5.62. The molecule has 2 aliphatic heterocycles. The second-order valence-corrected chi connectivity index (χ2v) is 4.67. The Morgan fingerprint density at radius 3 is 3.12 bits per heavy atom. The number of fused-ring (bicyclic) bond motifs is 3. The van der Waals surface area contributed by atoms with E-state index in [1.807, 2.05) is 11.0 Å². The van der Waals surface area contributed by atoms with Crippen LogP contribution in [0, 0.1) is 0 Å². The van der Waals surface area contributed by atoms with Crippen LogP contribution in [0.2, 0.25) is 5.02 Å². The van der Waals surface area contributed by atoms with E-state index in [4.69, 9.17) is 16.3 Å². The zero-order valence-corrected chi connectivity index (χ0v) is 10.3. The molecule has 90 valence electrons. The number of piperazine rings is 1. The molecule has 1 amide bonds. The fourth-order valence-electron chi connectivity index (χ4n) is 2.64. The van der Waals surface area contributed by atoms with Crippen molar-refractivity contribution in [2.75, 3.05) is 26.7 Å². The Bertz CT molecular complexity index is 490. The summed E-state index contributed by atoms with van der Waals surface area (Å²) in [7, 11) is 1.55. The highest BCUT2D eigenvalue weighted by molar-refractivity contribution is 6.32. The van der Waals surface area contributed by atoms with Gasteiger partial charge in [-0.1, -0.05) is 17.7 Å². The maximum Gasteiger partial charge on any atom is 0.258 e. The summed E-state index contributed by atoms with van der Waals surface area (Å²) in [6.45, 7) is 2.37. The van der Waals surface area contributed by atoms with Gasteiger partial charge >= 0.3 is 0 Å². The predicted octanol–water partition coefficient (Wildman–Crippen LogP) is 1.45. The van der Waals surface area contributed by atoms with E-state index in [0.29, 0.717) is 16.3 Å². The van der Waals surface area contributed by atoms with Crippen molar-refractivity contribution in [2.45, 2.75) is 6.04 Å². The SMILES string of the molecule is COc1c(Cl)ccc2c1C(=O)N1CCNC[C@@H]21. The molecule has 1 N–H and O–H groups in total. The van der Waals surface area contributed by atoms with E-state index in [1.165, 1.54) is 0 Å². The topological polar surface area (TPSA) is 41.6 Å². The number of rotatable bonds is 1. The van der Waals surface area contributed by atoms with E-state index in [1.54, 1.807) is 13.2 Å². The van der Waals surface area contributed by atoms with Crippen molar-refractivity contribution >= 4 is 17.5 Å². The molecule has 1 atom stereocenters. The van der Waals surface area contributed by atoms with Crippen molar-refractivity contribution in [2.24, 2.45) is 0 Å². The monoisotopic (exact) mass is 252 g/mol. The van der Waals surface area contributed by atoms with Gasteiger partial charge in [-0.2, -0.15) is 0 Å².